The molecule has 2 aliphatic rings. The summed E-state index contributed by atoms with van der Waals surface area (Å²) in [6.45, 7) is 10.4. The van der Waals surface area contributed by atoms with Gasteiger partial charge in [-0.2, -0.15) is 23.5 Å². The third kappa shape index (κ3) is 21.8. The second-order valence-corrected chi connectivity index (χ2v) is 14.6. The van der Waals surface area contributed by atoms with Gasteiger partial charge in [-0.15, -0.1) is 0 Å². The van der Waals surface area contributed by atoms with E-state index < -0.39 is 47.4 Å². The normalized spacial score (nSPS) is 16.2. The molecule has 2 saturated carbocycles. The molecule has 272 valence electrons. The van der Waals surface area contributed by atoms with Crippen molar-refractivity contribution in [1.82, 2.24) is 10.6 Å². The molecule has 2 aliphatic carbocycles. The van der Waals surface area contributed by atoms with Crippen molar-refractivity contribution in [3.63, 3.8) is 0 Å². The molecule has 0 aliphatic heterocycles. The van der Waals surface area contributed by atoms with Crippen LogP contribution in [0.15, 0.2) is 0 Å². The number of alkyl carbamates (subject to hydrolysis) is 2. The first kappa shape index (κ1) is 47.0. The van der Waals surface area contributed by atoms with Crippen molar-refractivity contribution >= 4 is 59.2 Å². The Kier molecular flexibility index (Phi) is 23.3. The second-order valence-electron chi connectivity index (χ2n) is 12.3. The number of nitrogens with one attached hydrogen (secondary N) is 2. The first-order chi connectivity index (χ1) is 22.5. The minimum Gasteiger partial charge on any atom is -0.467 e. The fourth-order valence-electron chi connectivity index (χ4n) is 3.66. The first-order valence-corrected chi connectivity index (χ1v) is 17.6. The van der Waals surface area contributed by atoms with E-state index in [0.29, 0.717) is 47.7 Å². The van der Waals surface area contributed by atoms with E-state index >= 15 is 0 Å². The Bertz CT molecular complexity index is 971. The van der Waals surface area contributed by atoms with Crippen molar-refractivity contribution in [3.05, 3.63) is 63.2 Å². The van der Waals surface area contributed by atoms with Gasteiger partial charge < -0.3 is 29.6 Å². The van der Waals surface area contributed by atoms with Gasteiger partial charge in [-0.1, -0.05) is 0 Å². The van der Waals surface area contributed by atoms with E-state index in [1.165, 1.54) is 37.7 Å². The molecule has 15 heteroatoms. The quantitative estimate of drug-likeness (QED) is 0.0994. The summed E-state index contributed by atoms with van der Waals surface area (Å²) in [7, 11) is 2.52. The molecule has 0 unspecified atom stereocenters. The fraction of sp³-hybridized carbons (Fsp3) is 0.529. The van der Waals surface area contributed by atoms with E-state index in [9.17, 15) is 28.8 Å². The van der Waals surface area contributed by atoms with E-state index in [1.54, 1.807) is 67.2 Å². The number of rotatable bonds is 16. The number of amides is 2. The third-order valence-electron chi connectivity index (χ3n) is 5.84. The van der Waals surface area contributed by atoms with Crippen molar-refractivity contribution in [2.24, 2.45) is 0 Å². The summed E-state index contributed by atoms with van der Waals surface area (Å²) in [6.07, 6.45) is 13.8. The number of thioether (sulfide) groups is 2. The Labute approximate surface area is 311 Å². The number of esters is 2. The molecule has 0 spiro atoms. The Hall–Kier alpha value is -1.96. The molecule has 2 N–H and O–H groups in total. The molecule has 2 fully saturated rings. The first-order valence-electron chi connectivity index (χ1n) is 15.3. The Morgan fingerprint density at radius 1 is 0.612 bits per heavy atom. The SMILES string of the molecule is COC(=O)[C@H](CSCCC(=O)[C]1[CH][CH][CH][CH]1)NC(=O)OC(C)(C)C.COC(=O)[C@H](CSCCC(=O)[C]1[CH][CH][CH][CH]1)NC(=O)OC(C)(C)C.[Fe+2]. The summed E-state index contributed by atoms with van der Waals surface area (Å²) in [5.41, 5.74) is -1.30. The molecule has 0 bridgehead atoms. The van der Waals surface area contributed by atoms with Crippen molar-refractivity contribution in [2.45, 2.75) is 77.7 Å². The molecular weight excluding hydrogens is 716 g/mol. The van der Waals surface area contributed by atoms with Crippen LogP contribution in [0, 0.1) is 63.2 Å². The predicted molar refractivity (Wildman–Crippen MR) is 185 cm³/mol. The summed E-state index contributed by atoms with van der Waals surface area (Å²) in [5, 5.41) is 5.00. The second kappa shape index (κ2) is 24.3. The van der Waals surface area contributed by atoms with E-state index in [1.807, 2.05) is 25.7 Å². The van der Waals surface area contributed by atoms with E-state index in [2.05, 4.69) is 10.6 Å². The van der Waals surface area contributed by atoms with Crippen LogP contribution < -0.4 is 10.6 Å². The van der Waals surface area contributed by atoms with Crippen LogP contribution >= 0.6 is 23.5 Å². The van der Waals surface area contributed by atoms with Crippen LogP contribution in [0.2, 0.25) is 0 Å². The standard InChI is InChI=1S/2C17H24NO5S.Fe/c2*1-17(2,3)23-16(21)18-13(15(20)22-4)11-24-10-9-14(19)12-7-5-6-8-12;/h2*5-8,13H,9-11H2,1-4H3,(H,18,21);/q;;+2/t2*13-;/m00./s1. The van der Waals surface area contributed by atoms with E-state index in [4.69, 9.17) is 18.9 Å². The summed E-state index contributed by atoms with van der Waals surface area (Å²) in [5.74, 6) is 2.11. The smallest absolute Gasteiger partial charge is 0.467 e. The molecule has 0 saturated heterocycles. The fourth-order valence-corrected chi connectivity index (χ4v) is 5.57. The van der Waals surface area contributed by atoms with Crippen molar-refractivity contribution < 1.29 is 64.8 Å². The van der Waals surface area contributed by atoms with Crippen molar-refractivity contribution in [2.75, 3.05) is 37.2 Å². The van der Waals surface area contributed by atoms with Gasteiger partial charge in [0.05, 0.1) is 14.2 Å². The Morgan fingerprint density at radius 2 is 0.918 bits per heavy atom. The summed E-state index contributed by atoms with van der Waals surface area (Å²) in [4.78, 5) is 70.8. The van der Waals surface area contributed by atoms with Gasteiger partial charge in [0.2, 0.25) is 0 Å². The topological polar surface area (TPSA) is 163 Å². The number of carbonyl (C=O) groups is 6. The Balaban J connectivity index is 0.000000922. The van der Waals surface area contributed by atoms with Crippen LogP contribution in [0.25, 0.3) is 0 Å². The van der Waals surface area contributed by atoms with Crippen LogP contribution in [-0.4, -0.2) is 96.2 Å². The zero-order valence-electron chi connectivity index (χ0n) is 29.3. The maximum absolute atomic E-state index is 11.9. The summed E-state index contributed by atoms with van der Waals surface area (Å²) < 4.78 is 19.7. The van der Waals surface area contributed by atoms with Gasteiger partial charge in [0.25, 0.3) is 0 Å². The number of ketones is 2. The maximum atomic E-state index is 11.9. The molecule has 0 aromatic carbocycles. The number of methoxy groups -OCH3 is 2. The molecule has 0 heterocycles. The molecule has 2 atom stereocenters. The van der Waals surface area contributed by atoms with Crippen molar-refractivity contribution in [3.8, 4) is 0 Å². The van der Waals surface area contributed by atoms with Crippen LogP contribution in [0.1, 0.15) is 54.4 Å². The van der Waals surface area contributed by atoms with Gasteiger partial charge in [0.1, 0.15) is 34.9 Å². The van der Waals surface area contributed by atoms with Gasteiger partial charge in [0, 0.05) is 47.7 Å². The van der Waals surface area contributed by atoms with Gasteiger partial charge in [-0.05, 0) is 92.9 Å². The minimum atomic E-state index is -0.816. The van der Waals surface area contributed by atoms with E-state index in [-0.39, 0.29) is 28.6 Å². The van der Waals surface area contributed by atoms with Gasteiger partial charge in [-0.3, -0.25) is 9.59 Å². The largest absolute Gasteiger partial charge is 2.00 e. The Morgan fingerprint density at radius 3 is 1.18 bits per heavy atom. The van der Waals surface area contributed by atoms with Gasteiger partial charge in [-0.25, -0.2) is 19.2 Å². The molecule has 12 nitrogen and oxygen atoms in total. The van der Waals surface area contributed by atoms with Crippen LogP contribution in [0.3, 0.4) is 0 Å². The summed E-state index contributed by atoms with van der Waals surface area (Å²) >= 11 is 2.80. The monoisotopic (exact) mass is 764 g/mol. The van der Waals surface area contributed by atoms with E-state index in [0.717, 1.165) is 0 Å². The number of hydrogen-bond acceptors (Lipinski definition) is 12. The molecule has 2 rings (SSSR count). The number of carbonyl (C=O) groups excluding carboxylic acids is 6. The zero-order valence-corrected chi connectivity index (χ0v) is 32.0. The average molecular weight is 765 g/mol. The molecular formula is C34H48FeN2O10S2+2. The van der Waals surface area contributed by atoms with Crippen molar-refractivity contribution in [1.29, 1.82) is 0 Å². The minimum absolute atomic E-state index is 0. The van der Waals surface area contributed by atoms with Gasteiger partial charge in [0.15, 0.2) is 0 Å². The average Bonchev–Trinajstić information content (AvgIpc) is 3.73. The molecule has 2 amide bonds. The number of Topliss-reactive ketones (excluding diaryl/α,β-unsaturated/α-hetero) is 2. The molecule has 0 aromatic heterocycles. The maximum Gasteiger partial charge on any atom is 2.00 e. The van der Waals surface area contributed by atoms with Gasteiger partial charge >= 0.3 is 41.2 Å². The molecule has 49 heavy (non-hydrogen) atoms. The zero-order chi connectivity index (χ0) is 36.3. The predicted octanol–water partition coefficient (Wildman–Crippen LogP) is 4.30. The summed E-state index contributed by atoms with van der Waals surface area (Å²) in [6, 6.07) is -1.63. The molecule has 10 radical (unpaired) electrons. The number of ether oxygens (including phenoxy) is 4. The number of hydrogen-bond donors (Lipinski definition) is 2. The van der Waals surface area contributed by atoms with Crippen LogP contribution in [0.5, 0.6) is 0 Å². The third-order valence-corrected chi connectivity index (χ3v) is 7.96. The molecule has 0 aromatic rings. The van der Waals surface area contributed by atoms with Crippen LogP contribution in [-0.2, 0) is 55.2 Å². The van der Waals surface area contributed by atoms with Crippen LogP contribution in [0.4, 0.5) is 9.59 Å².